The van der Waals surface area contributed by atoms with Crippen LogP contribution in [-0.2, 0) is 4.74 Å². The first-order valence-electron chi connectivity index (χ1n) is 6.25. The molecule has 6 heteroatoms. The molecule has 0 aliphatic heterocycles. The molecular weight excluding hydrogens is 377 g/mol. The van der Waals surface area contributed by atoms with Crippen molar-refractivity contribution in [2.45, 2.75) is 26.4 Å². The third-order valence-corrected chi connectivity index (χ3v) is 3.92. The lowest BCUT2D eigenvalue weighted by molar-refractivity contribution is 0.00696. The summed E-state index contributed by atoms with van der Waals surface area (Å²) in [5.41, 5.74) is 0.991. The van der Waals surface area contributed by atoms with Gasteiger partial charge in [-0.15, -0.1) is 0 Å². The number of benzene rings is 1. The summed E-state index contributed by atoms with van der Waals surface area (Å²) in [5.74, 6) is -0.443. The highest BCUT2D eigenvalue weighted by atomic mass is 79.9. The molecule has 21 heavy (non-hydrogen) atoms. The van der Waals surface area contributed by atoms with Gasteiger partial charge in [0.05, 0.1) is 10.2 Å². The molecular formula is C15H14BrCl2NO2. The summed E-state index contributed by atoms with van der Waals surface area (Å²) < 4.78 is 5.96. The van der Waals surface area contributed by atoms with Crippen LogP contribution in [0.15, 0.2) is 29.0 Å². The number of hydrogen-bond donors (Lipinski definition) is 1. The highest BCUT2D eigenvalue weighted by Gasteiger charge is 2.26. The topological polar surface area (TPSA) is 42.1 Å². The molecule has 112 valence electrons. The van der Waals surface area contributed by atoms with Gasteiger partial charge in [0.25, 0.3) is 0 Å². The van der Waals surface area contributed by atoms with Crippen molar-refractivity contribution in [2.75, 3.05) is 0 Å². The van der Waals surface area contributed by atoms with Crippen LogP contribution in [0, 0.1) is 0 Å². The Kier molecular flexibility index (Phi) is 4.71. The first-order chi connectivity index (χ1) is 9.70. The van der Waals surface area contributed by atoms with Gasteiger partial charge in [-0.05, 0) is 48.8 Å². The van der Waals surface area contributed by atoms with Crippen LogP contribution in [0.4, 0.5) is 0 Å². The molecule has 1 N–H and O–H groups in total. The second-order valence-corrected chi connectivity index (χ2v) is 7.10. The number of halogens is 3. The van der Waals surface area contributed by atoms with E-state index in [0.717, 1.165) is 0 Å². The van der Waals surface area contributed by atoms with Crippen molar-refractivity contribution in [3.8, 4) is 11.1 Å². The third kappa shape index (κ3) is 3.62. The molecule has 1 aromatic carbocycles. The quantitative estimate of drug-likeness (QED) is 0.667. The monoisotopic (exact) mass is 389 g/mol. The average molecular weight is 391 g/mol. The number of rotatable bonds is 2. The minimum atomic E-state index is -0.588. The Hall–Kier alpha value is -0.970. The van der Waals surface area contributed by atoms with Gasteiger partial charge in [0.1, 0.15) is 5.60 Å². The lowest BCUT2D eigenvalue weighted by Crippen LogP contribution is -2.24. The maximum atomic E-state index is 12.4. The molecule has 2 aromatic rings. The number of esters is 1. The lowest BCUT2D eigenvalue weighted by Gasteiger charge is -2.20. The van der Waals surface area contributed by atoms with Gasteiger partial charge in [0, 0.05) is 27.4 Å². The van der Waals surface area contributed by atoms with Crippen LogP contribution in [0.5, 0.6) is 0 Å². The van der Waals surface area contributed by atoms with Crippen molar-refractivity contribution in [3.05, 3.63) is 44.6 Å². The van der Waals surface area contributed by atoms with Crippen LogP contribution in [-0.4, -0.2) is 16.6 Å². The SMILES string of the molecule is CC(C)(C)OC(=O)c1c(-c2c(Cl)cccc2Cl)c[nH]c1Br. The maximum absolute atomic E-state index is 12.4. The average Bonchev–Trinajstić information content (AvgIpc) is 2.68. The molecule has 1 heterocycles. The van der Waals surface area contributed by atoms with Crippen molar-refractivity contribution in [1.82, 2.24) is 4.98 Å². The summed E-state index contributed by atoms with van der Waals surface area (Å²) in [5, 5.41) is 0.942. The van der Waals surface area contributed by atoms with E-state index in [1.807, 2.05) is 20.8 Å². The number of aromatic nitrogens is 1. The fourth-order valence-electron chi connectivity index (χ4n) is 1.88. The van der Waals surface area contributed by atoms with Gasteiger partial charge in [-0.25, -0.2) is 4.79 Å². The Labute approximate surface area is 141 Å². The molecule has 0 fully saturated rings. The first kappa shape index (κ1) is 16.4. The maximum Gasteiger partial charge on any atom is 0.342 e. The van der Waals surface area contributed by atoms with Gasteiger partial charge in [0.2, 0.25) is 0 Å². The van der Waals surface area contributed by atoms with Gasteiger partial charge in [-0.3, -0.25) is 0 Å². The standard InChI is InChI=1S/C15H14BrCl2NO2/c1-15(2,3)21-14(20)12-8(7-19-13(12)16)11-9(17)5-4-6-10(11)18/h4-7,19H,1-3H3. The van der Waals surface area contributed by atoms with Crippen LogP contribution in [0.3, 0.4) is 0 Å². The van der Waals surface area contributed by atoms with Gasteiger partial charge in [-0.2, -0.15) is 0 Å². The highest BCUT2D eigenvalue weighted by molar-refractivity contribution is 9.10. The van der Waals surface area contributed by atoms with E-state index in [1.165, 1.54) is 0 Å². The summed E-state index contributed by atoms with van der Waals surface area (Å²) in [6, 6.07) is 5.20. The summed E-state index contributed by atoms with van der Waals surface area (Å²) in [6.07, 6.45) is 1.68. The van der Waals surface area contributed by atoms with E-state index in [1.54, 1.807) is 24.4 Å². The number of aromatic amines is 1. The Bertz CT molecular complexity index is 669. The number of hydrogen-bond acceptors (Lipinski definition) is 2. The van der Waals surface area contributed by atoms with Gasteiger partial charge in [0.15, 0.2) is 0 Å². The summed E-state index contributed by atoms with van der Waals surface area (Å²) >= 11 is 15.8. The lowest BCUT2D eigenvalue weighted by atomic mass is 10.0. The largest absolute Gasteiger partial charge is 0.456 e. The zero-order chi connectivity index (χ0) is 15.8. The zero-order valence-electron chi connectivity index (χ0n) is 11.8. The number of nitrogens with one attached hydrogen (secondary N) is 1. The van der Waals surface area contributed by atoms with Crippen LogP contribution in [0.1, 0.15) is 31.1 Å². The number of H-pyrrole nitrogens is 1. The van der Waals surface area contributed by atoms with Crippen molar-refractivity contribution in [2.24, 2.45) is 0 Å². The fourth-order valence-corrected chi connectivity index (χ4v) is 2.97. The normalized spacial score (nSPS) is 11.5. The van der Waals surface area contributed by atoms with E-state index in [4.69, 9.17) is 27.9 Å². The Morgan fingerprint density at radius 3 is 2.33 bits per heavy atom. The molecule has 0 aliphatic rings. The molecule has 0 radical (unpaired) electrons. The highest BCUT2D eigenvalue weighted by Crippen LogP contribution is 2.39. The predicted molar refractivity (Wildman–Crippen MR) is 89.1 cm³/mol. The van der Waals surface area contributed by atoms with E-state index in [0.29, 0.717) is 31.3 Å². The molecule has 0 saturated carbocycles. The van der Waals surface area contributed by atoms with Crippen molar-refractivity contribution >= 4 is 45.1 Å². The fraction of sp³-hybridized carbons (Fsp3) is 0.267. The molecule has 0 atom stereocenters. The van der Waals surface area contributed by atoms with Gasteiger partial charge in [-0.1, -0.05) is 29.3 Å². The second-order valence-electron chi connectivity index (χ2n) is 5.49. The van der Waals surface area contributed by atoms with Crippen LogP contribution >= 0.6 is 39.1 Å². The molecule has 0 spiro atoms. The number of carbonyl (C=O) groups is 1. The first-order valence-corrected chi connectivity index (χ1v) is 7.80. The van der Waals surface area contributed by atoms with E-state index < -0.39 is 11.6 Å². The summed E-state index contributed by atoms with van der Waals surface area (Å²) in [6.45, 7) is 5.44. The van der Waals surface area contributed by atoms with E-state index in [9.17, 15) is 4.79 Å². The molecule has 0 amide bonds. The Balaban J connectivity index is 2.56. The van der Waals surface area contributed by atoms with Crippen LogP contribution < -0.4 is 0 Å². The second kappa shape index (κ2) is 6.03. The Morgan fingerprint density at radius 2 is 1.81 bits per heavy atom. The van der Waals surface area contributed by atoms with Crippen molar-refractivity contribution in [1.29, 1.82) is 0 Å². The van der Waals surface area contributed by atoms with Crippen LogP contribution in [0.2, 0.25) is 10.0 Å². The van der Waals surface area contributed by atoms with Crippen molar-refractivity contribution < 1.29 is 9.53 Å². The van der Waals surface area contributed by atoms with Gasteiger partial charge >= 0.3 is 5.97 Å². The minimum absolute atomic E-state index is 0.375. The van der Waals surface area contributed by atoms with E-state index in [-0.39, 0.29) is 0 Å². The minimum Gasteiger partial charge on any atom is -0.456 e. The summed E-state index contributed by atoms with van der Waals surface area (Å²) in [7, 11) is 0. The smallest absolute Gasteiger partial charge is 0.342 e. The third-order valence-electron chi connectivity index (χ3n) is 2.67. The number of carbonyl (C=O) groups excluding carboxylic acids is 1. The zero-order valence-corrected chi connectivity index (χ0v) is 14.9. The molecule has 3 nitrogen and oxygen atoms in total. The number of ether oxygens (including phenoxy) is 1. The Morgan fingerprint density at radius 1 is 1.24 bits per heavy atom. The van der Waals surface area contributed by atoms with Crippen molar-refractivity contribution in [3.63, 3.8) is 0 Å². The molecule has 2 rings (SSSR count). The predicted octanol–water partition coefficient (Wildman–Crippen LogP) is 5.71. The van der Waals surface area contributed by atoms with E-state index >= 15 is 0 Å². The molecule has 1 aromatic heterocycles. The van der Waals surface area contributed by atoms with Gasteiger partial charge < -0.3 is 9.72 Å². The molecule has 0 bridgehead atoms. The molecule has 0 aliphatic carbocycles. The molecule has 0 unspecified atom stereocenters. The summed E-state index contributed by atoms with van der Waals surface area (Å²) in [4.78, 5) is 15.4. The van der Waals surface area contributed by atoms with Crippen LogP contribution in [0.25, 0.3) is 11.1 Å². The van der Waals surface area contributed by atoms with E-state index in [2.05, 4.69) is 20.9 Å². The molecule has 0 saturated heterocycles.